The van der Waals surface area contributed by atoms with Crippen molar-refractivity contribution in [1.82, 2.24) is 10.2 Å². The van der Waals surface area contributed by atoms with Gasteiger partial charge in [-0.25, -0.2) is 0 Å². The molecule has 0 radical (unpaired) electrons. The fraction of sp³-hybridized carbons (Fsp3) is 0.700. The summed E-state index contributed by atoms with van der Waals surface area (Å²) in [5.41, 5.74) is 2.15. The number of amides is 1. The van der Waals surface area contributed by atoms with Gasteiger partial charge in [0.25, 0.3) is 5.91 Å². The number of hydrogen-bond donors (Lipinski definition) is 1. The lowest BCUT2D eigenvalue weighted by Crippen LogP contribution is -2.34. The summed E-state index contributed by atoms with van der Waals surface area (Å²) in [6.07, 6.45) is 3.76. The van der Waals surface area contributed by atoms with E-state index < -0.39 is 0 Å². The van der Waals surface area contributed by atoms with Gasteiger partial charge in [0.1, 0.15) is 5.70 Å². The third-order valence-electron chi connectivity index (χ3n) is 2.81. The summed E-state index contributed by atoms with van der Waals surface area (Å²) in [4.78, 5) is 13.7. The van der Waals surface area contributed by atoms with E-state index in [0.29, 0.717) is 0 Å². The monoisotopic (exact) mass is 180 g/mol. The highest BCUT2D eigenvalue weighted by Gasteiger charge is 2.25. The average molecular weight is 180 g/mol. The second-order valence-corrected chi connectivity index (χ2v) is 3.86. The maximum absolute atomic E-state index is 11.5. The maximum Gasteiger partial charge on any atom is 0.267 e. The molecule has 2 heterocycles. The molecule has 1 saturated heterocycles. The number of nitrogens with one attached hydrogen (secondary N) is 1. The van der Waals surface area contributed by atoms with Crippen molar-refractivity contribution in [2.75, 3.05) is 19.6 Å². The number of hydrogen-bond acceptors (Lipinski definition) is 2. The third kappa shape index (κ3) is 1.55. The summed E-state index contributed by atoms with van der Waals surface area (Å²) in [7, 11) is 0. The lowest BCUT2D eigenvalue weighted by Gasteiger charge is -2.29. The van der Waals surface area contributed by atoms with Crippen LogP contribution in [0.1, 0.15) is 26.2 Å². The third-order valence-corrected chi connectivity index (χ3v) is 2.81. The normalized spacial score (nSPS) is 23.8. The zero-order valence-corrected chi connectivity index (χ0v) is 8.10. The predicted molar refractivity (Wildman–Crippen MR) is 51.1 cm³/mol. The summed E-state index contributed by atoms with van der Waals surface area (Å²) in [5, 5.41) is 2.86. The van der Waals surface area contributed by atoms with E-state index in [-0.39, 0.29) is 5.91 Å². The van der Waals surface area contributed by atoms with E-state index in [4.69, 9.17) is 0 Å². The predicted octanol–water partition coefficient (Wildman–Crippen LogP) is 0.876. The van der Waals surface area contributed by atoms with Crippen molar-refractivity contribution in [2.24, 2.45) is 0 Å². The molecule has 0 spiro atoms. The first-order valence-corrected chi connectivity index (χ1v) is 5.02. The first kappa shape index (κ1) is 8.60. The number of nitrogens with zero attached hydrogens (tertiary/aromatic N) is 1. The van der Waals surface area contributed by atoms with Gasteiger partial charge in [0.05, 0.1) is 0 Å². The summed E-state index contributed by atoms with van der Waals surface area (Å²) < 4.78 is 0. The van der Waals surface area contributed by atoms with E-state index in [0.717, 1.165) is 25.3 Å². The van der Waals surface area contributed by atoms with Gasteiger partial charge in [-0.05, 0) is 31.8 Å². The van der Waals surface area contributed by atoms with Crippen molar-refractivity contribution in [3.63, 3.8) is 0 Å². The molecular formula is C10H16N2O. The molecule has 3 heteroatoms. The largest absolute Gasteiger partial charge is 0.367 e. The standard InChI is InChI=1S/C10H16N2O/c1-8-7-11-10(13)9(8)12-5-3-2-4-6-12/h2-7H2,1H3,(H,11,13). The van der Waals surface area contributed by atoms with Crippen molar-refractivity contribution in [1.29, 1.82) is 0 Å². The second-order valence-electron chi connectivity index (χ2n) is 3.86. The van der Waals surface area contributed by atoms with Crippen molar-refractivity contribution < 1.29 is 4.79 Å². The minimum Gasteiger partial charge on any atom is -0.367 e. The lowest BCUT2D eigenvalue weighted by atomic mass is 10.1. The van der Waals surface area contributed by atoms with E-state index in [2.05, 4.69) is 10.2 Å². The summed E-state index contributed by atoms with van der Waals surface area (Å²) in [6.45, 7) is 4.90. The molecule has 0 saturated carbocycles. The van der Waals surface area contributed by atoms with Crippen molar-refractivity contribution in [2.45, 2.75) is 26.2 Å². The molecule has 13 heavy (non-hydrogen) atoms. The zero-order valence-electron chi connectivity index (χ0n) is 8.10. The summed E-state index contributed by atoms with van der Waals surface area (Å²) in [6, 6.07) is 0. The molecule has 72 valence electrons. The van der Waals surface area contributed by atoms with Crippen LogP contribution in [0.25, 0.3) is 0 Å². The van der Waals surface area contributed by atoms with Gasteiger partial charge < -0.3 is 10.2 Å². The molecule has 1 N–H and O–H groups in total. The number of carbonyl (C=O) groups is 1. The number of rotatable bonds is 1. The van der Waals surface area contributed by atoms with Crippen LogP contribution in [-0.4, -0.2) is 30.4 Å². The Labute approximate surface area is 78.8 Å². The maximum atomic E-state index is 11.5. The molecule has 1 fully saturated rings. The quantitative estimate of drug-likeness (QED) is 0.649. The Morgan fingerprint density at radius 1 is 1.23 bits per heavy atom. The molecule has 0 unspecified atom stereocenters. The van der Waals surface area contributed by atoms with Crippen LogP contribution < -0.4 is 5.32 Å². The highest BCUT2D eigenvalue weighted by atomic mass is 16.2. The number of likely N-dealkylation sites (tertiary alicyclic amines) is 1. The van der Waals surface area contributed by atoms with Crippen LogP contribution in [0, 0.1) is 0 Å². The molecule has 0 atom stereocenters. The Hall–Kier alpha value is -0.990. The topological polar surface area (TPSA) is 32.3 Å². The Morgan fingerprint density at radius 3 is 2.46 bits per heavy atom. The Morgan fingerprint density at radius 2 is 1.92 bits per heavy atom. The molecule has 0 aromatic carbocycles. The van der Waals surface area contributed by atoms with Crippen LogP contribution in [0.4, 0.5) is 0 Å². The molecule has 2 aliphatic rings. The molecular weight excluding hydrogens is 164 g/mol. The van der Waals surface area contributed by atoms with E-state index in [1.165, 1.54) is 24.8 Å². The Balaban J connectivity index is 2.13. The average Bonchev–Trinajstić information content (AvgIpc) is 2.48. The van der Waals surface area contributed by atoms with Crippen molar-refractivity contribution in [3.05, 3.63) is 11.3 Å². The van der Waals surface area contributed by atoms with Gasteiger partial charge in [0.2, 0.25) is 0 Å². The first-order chi connectivity index (χ1) is 6.29. The van der Waals surface area contributed by atoms with Gasteiger partial charge in [-0.2, -0.15) is 0 Å². The molecule has 2 rings (SSSR count). The van der Waals surface area contributed by atoms with Gasteiger partial charge in [-0.1, -0.05) is 0 Å². The minimum absolute atomic E-state index is 0.124. The molecule has 0 aromatic rings. The summed E-state index contributed by atoms with van der Waals surface area (Å²) in [5.74, 6) is 0.124. The van der Waals surface area contributed by atoms with Gasteiger partial charge in [0, 0.05) is 19.6 Å². The van der Waals surface area contributed by atoms with Gasteiger partial charge in [-0.3, -0.25) is 4.79 Å². The smallest absolute Gasteiger partial charge is 0.267 e. The van der Waals surface area contributed by atoms with Crippen LogP contribution in [-0.2, 0) is 4.79 Å². The fourth-order valence-electron chi connectivity index (χ4n) is 2.11. The van der Waals surface area contributed by atoms with Crippen LogP contribution in [0.3, 0.4) is 0 Å². The highest BCUT2D eigenvalue weighted by molar-refractivity contribution is 5.96. The zero-order chi connectivity index (χ0) is 9.26. The first-order valence-electron chi connectivity index (χ1n) is 5.02. The Bertz CT molecular complexity index is 252. The summed E-state index contributed by atoms with van der Waals surface area (Å²) >= 11 is 0. The number of carbonyl (C=O) groups excluding carboxylic acids is 1. The second kappa shape index (κ2) is 3.40. The van der Waals surface area contributed by atoms with Gasteiger partial charge >= 0.3 is 0 Å². The van der Waals surface area contributed by atoms with Gasteiger partial charge in [-0.15, -0.1) is 0 Å². The Kier molecular flexibility index (Phi) is 2.25. The highest BCUT2D eigenvalue weighted by Crippen LogP contribution is 2.20. The number of piperidine rings is 1. The van der Waals surface area contributed by atoms with E-state index in [9.17, 15) is 4.79 Å². The van der Waals surface area contributed by atoms with Crippen LogP contribution in [0.2, 0.25) is 0 Å². The SMILES string of the molecule is CC1=C(N2CCCCC2)C(=O)NC1. The van der Waals surface area contributed by atoms with Crippen LogP contribution >= 0.6 is 0 Å². The van der Waals surface area contributed by atoms with Crippen molar-refractivity contribution >= 4 is 5.91 Å². The minimum atomic E-state index is 0.124. The van der Waals surface area contributed by atoms with E-state index in [1.807, 2.05) is 6.92 Å². The molecule has 2 aliphatic heterocycles. The van der Waals surface area contributed by atoms with Crippen LogP contribution in [0.5, 0.6) is 0 Å². The fourth-order valence-corrected chi connectivity index (χ4v) is 2.11. The molecule has 0 aliphatic carbocycles. The lowest BCUT2D eigenvalue weighted by molar-refractivity contribution is -0.118. The molecule has 0 bridgehead atoms. The molecule has 1 amide bonds. The molecule has 0 aromatic heterocycles. The van der Waals surface area contributed by atoms with Crippen molar-refractivity contribution in [3.8, 4) is 0 Å². The molecule has 3 nitrogen and oxygen atoms in total. The van der Waals surface area contributed by atoms with E-state index >= 15 is 0 Å². The van der Waals surface area contributed by atoms with Gasteiger partial charge in [0.15, 0.2) is 0 Å². The van der Waals surface area contributed by atoms with Crippen LogP contribution in [0.15, 0.2) is 11.3 Å². The van der Waals surface area contributed by atoms with E-state index in [1.54, 1.807) is 0 Å².